The number of carbonyl (C=O) groups excluding carboxylic acids is 1. The Kier molecular flexibility index (Phi) is 4.60. The van der Waals surface area contributed by atoms with E-state index in [1.54, 1.807) is 0 Å². The molecule has 1 aromatic heterocycles. The topological polar surface area (TPSA) is 79.3 Å². The lowest BCUT2D eigenvalue weighted by Crippen LogP contribution is -2.28. The Morgan fingerprint density at radius 1 is 1.24 bits per heavy atom. The second-order valence-corrected chi connectivity index (χ2v) is 6.09. The zero-order valence-corrected chi connectivity index (χ0v) is 12.6. The Bertz CT molecular complexity index is 548. The van der Waals surface area contributed by atoms with Crippen LogP contribution in [0.4, 0.5) is 5.69 Å². The van der Waals surface area contributed by atoms with Gasteiger partial charge in [-0.05, 0) is 44.2 Å². The van der Waals surface area contributed by atoms with E-state index >= 15 is 0 Å². The summed E-state index contributed by atoms with van der Waals surface area (Å²) >= 11 is 0. The number of carboxylic acids is 1. The molecule has 5 heteroatoms. The van der Waals surface area contributed by atoms with Gasteiger partial charge >= 0.3 is 5.97 Å². The second kappa shape index (κ2) is 6.24. The van der Waals surface area contributed by atoms with E-state index < -0.39 is 5.97 Å². The van der Waals surface area contributed by atoms with Gasteiger partial charge in [0, 0.05) is 12.1 Å². The van der Waals surface area contributed by atoms with Gasteiger partial charge in [-0.25, -0.2) is 0 Å². The zero-order chi connectivity index (χ0) is 15.5. The molecule has 1 aliphatic carbocycles. The van der Waals surface area contributed by atoms with Crippen LogP contribution in [-0.4, -0.2) is 22.0 Å². The van der Waals surface area contributed by atoms with Crippen molar-refractivity contribution in [1.82, 2.24) is 4.98 Å². The van der Waals surface area contributed by atoms with Gasteiger partial charge in [-0.3, -0.25) is 14.6 Å². The van der Waals surface area contributed by atoms with Crippen molar-refractivity contribution < 1.29 is 14.7 Å². The summed E-state index contributed by atoms with van der Waals surface area (Å²) in [5, 5.41) is 11.9. The van der Waals surface area contributed by atoms with Crippen LogP contribution in [0.1, 0.15) is 49.9 Å². The van der Waals surface area contributed by atoms with Gasteiger partial charge in [0.15, 0.2) is 0 Å². The van der Waals surface area contributed by atoms with E-state index in [0.717, 1.165) is 37.1 Å². The minimum atomic E-state index is -0.821. The van der Waals surface area contributed by atoms with Crippen LogP contribution in [0.5, 0.6) is 0 Å². The molecule has 0 atom stereocenters. The molecule has 0 unspecified atom stereocenters. The number of nitrogens with one attached hydrogen (secondary N) is 1. The highest BCUT2D eigenvalue weighted by atomic mass is 16.4. The summed E-state index contributed by atoms with van der Waals surface area (Å²) in [7, 11) is 0. The summed E-state index contributed by atoms with van der Waals surface area (Å²) in [5.41, 5.74) is 2.02. The predicted octanol–water partition coefficient (Wildman–Crippen LogP) is 3.06. The molecule has 114 valence electrons. The first-order valence-electron chi connectivity index (χ1n) is 7.36. The lowest BCUT2D eigenvalue weighted by atomic mass is 9.79. The third-order valence-corrected chi connectivity index (χ3v) is 4.23. The maximum atomic E-state index is 12.3. The van der Waals surface area contributed by atoms with Crippen LogP contribution >= 0.6 is 0 Å². The summed E-state index contributed by atoms with van der Waals surface area (Å²) in [5.74, 6) is -0.940. The Labute approximate surface area is 124 Å². The van der Waals surface area contributed by atoms with Crippen molar-refractivity contribution in [2.24, 2.45) is 5.41 Å². The van der Waals surface area contributed by atoms with Gasteiger partial charge in [0.1, 0.15) is 0 Å². The molecule has 1 saturated carbocycles. The van der Waals surface area contributed by atoms with Crippen molar-refractivity contribution in [3.63, 3.8) is 0 Å². The number of aryl methyl sites for hydroxylation is 2. The summed E-state index contributed by atoms with van der Waals surface area (Å²) in [6.45, 7) is 3.75. The van der Waals surface area contributed by atoms with E-state index in [-0.39, 0.29) is 24.2 Å². The van der Waals surface area contributed by atoms with Crippen molar-refractivity contribution >= 4 is 17.6 Å². The summed E-state index contributed by atoms with van der Waals surface area (Å²) in [4.78, 5) is 27.6. The molecule has 1 fully saturated rings. The lowest BCUT2D eigenvalue weighted by Gasteiger charge is -2.26. The van der Waals surface area contributed by atoms with E-state index in [1.807, 2.05) is 26.0 Å². The van der Waals surface area contributed by atoms with Gasteiger partial charge in [-0.15, -0.1) is 0 Å². The van der Waals surface area contributed by atoms with Crippen molar-refractivity contribution in [1.29, 1.82) is 0 Å². The highest BCUT2D eigenvalue weighted by Crippen LogP contribution is 2.44. The van der Waals surface area contributed by atoms with Gasteiger partial charge in [-0.1, -0.05) is 12.8 Å². The summed E-state index contributed by atoms with van der Waals surface area (Å²) in [6.07, 6.45) is 3.99. The minimum Gasteiger partial charge on any atom is -0.481 e. The third kappa shape index (κ3) is 4.03. The third-order valence-electron chi connectivity index (χ3n) is 4.23. The number of carbonyl (C=O) groups is 2. The average Bonchev–Trinajstić information content (AvgIpc) is 2.80. The van der Waals surface area contributed by atoms with Crippen molar-refractivity contribution in [2.75, 3.05) is 5.32 Å². The Balaban J connectivity index is 2.04. The fourth-order valence-corrected chi connectivity index (χ4v) is 3.22. The van der Waals surface area contributed by atoms with Crippen LogP contribution in [0.3, 0.4) is 0 Å². The molecule has 2 N–H and O–H groups in total. The highest BCUT2D eigenvalue weighted by molar-refractivity contribution is 5.92. The second-order valence-electron chi connectivity index (χ2n) is 6.09. The molecule has 0 aliphatic heterocycles. The first kappa shape index (κ1) is 15.5. The molecule has 1 heterocycles. The van der Waals surface area contributed by atoms with Crippen LogP contribution < -0.4 is 5.32 Å². The molecule has 0 spiro atoms. The standard InChI is InChI=1S/C16H22N2O3/c1-11-5-6-13(12(2)17-11)18-14(19)9-16(10-15(20)21)7-3-4-8-16/h5-6H,3-4,7-10H2,1-2H3,(H,18,19)(H,20,21). The number of hydrogen-bond acceptors (Lipinski definition) is 3. The molecule has 5 nitrogen and oxygen atoms in total. The van der Waals surface area contributed by atoms with Crippen LogP contribution in [-0.2, 0) is 9.59 Å². The van der Waals surface area contributed by atoms with Crippen LogP contribution in [0.15, 0.2) is 12.1 Å². The van der Waals surface area contributed by atoms with Crippen molar-refractivity contribution in [3.8, 4) is 0 Å². The van der Waals surface area contributed by atoms with Crippen LogP contribution in [0.25, 0.3) is 0 Å². The number of amides is 1. The summed E-state index contributed by atoms with van der Waals surface area (Å²) in [6, 6.07) is 3.69. The molecular formula is C16H22N2O3. The Morgan fingerprint density at radius 2 is 1.90 bits per heavy atom. The number of pyridine rings is 1. The largest absolute Gasteiger partial charge is 0.481 e. The number of carboxylic acid groups (broad SMARTS) is 1. The smallest absolute Gasteiger partial charge is 0.303 e. The number of aromatic nitrogens is 1. The van der Waals surface area contributed by atoms with E-state index in [1.165, 1.54) is 0 Å². The number of hydrogen-bond donors (Lipinski definition) is 2. The van der Waals surface area contributed by atoms with E-state index in [9.17, 15) is 9.59 Å². The van der Waals surface area contributed by atoms with Crippen molar-refractivity contribution in [3.05, 3.63) is 23.5 Å². The zero-order valence-electron chi connectivity index (χ0n) is 12.6. The quantitative estimate of drug-likeness (QED) is 0.873. The highest BCUT2D eigenvalue weighted by Gasteiger charge is 2.38. The lowest BCUT2D eigenvalue weighted by molar-refractivity contribution is -0.140. The molecular weight excluding hydrogens is 268 g/mol. The predicted molar refractivity (Wildman–Crippen MR) is 80.1 cm³/mol. The summed E-state index contributed by atoms with van der Waals surface area (Å²) < 4.78 is 0. The fourth-order valence-electron chi connectivity index (χ4n) is 3.22. The number of nitrogens with zero attached hydrogens (tertiary/aromatic N) is 1. The number of aliphatic carboxylic acids is 1. The van der Waals surface area contributed by atoms with Gasteiger partial charge in [0.05, 0.1) is 17.8 Å². The molecule has 0 bridgehead atoms. The minimum absolute atomic E-state index is 0.0750. The van der Waals surface area contributed by atoms with Crippen molar-refractivity contribution in [2.45, 2.75) is 52.4 Å². The SMILES string of the molecule is Cc1ccc(NC(=O)CC2(CC(=O)O)CCCC2)c(C)n1. The molecule has 1 aliphatic rings. The maximum absolute atomic E-state index is 12.3. The fraction of sp³-hybridized carbons (Fsp3) is 0.562. The Morgan fingerprint density at radius 3 is 2.48 bits per heavy atom. The maximum Gasteiger partial charge on any atom is 0.303 e. The van der Waals surface area contributed by atoms with Crippen LogP contribution in [0.2, 0.25) is 0 Å². The Hall–Kier alpha value is -1.91. The first-order chi connectivity index (χ1) is 9.90. The molecule has 1 aromatic rings. The van der Waals surface area contributed by atoms with Gasteiger partial charge < -0.3 is 10.4 Å². The van der Waals surface area contributed by atoms with E-state index in [4.69, 9.17) is 5.11 Å². The molecule has 0 radical (unpaired) electrons. The van der Waals surface area contributed by atoms with Gasteiger partial charge in [-0.2, -0.15) is 0 Å². The number of rotatable bonds is 5. The monoisotopic (exact) mass is 290 g/mol. The average molecular weight is 290 g/mol. The van der Waals surface area contributed by atoms with Crippen LogP contribution in [0, 0.1) is 19.3 Å². The van der Waals surface area contributed by atoms with Gasteiger partial charge in [0.25, 0.3) is 0 Å². The molecule has 1 amide bonds. The molecule has 0 aromatic carbocycles. The van der Waals surface area contributed by atoms with E-state index in [0.29, 0.717) is 5.69 Å². The molecule has 21 heavy (non-hydrogen) atoms. The van der Waals surface area contributed by atoms with E-state index in [2.05, 4.69) is 10.3 Å². The molecule has 0 saturated heterocycles. The number of anilines is 1. The normalized spacial score (nSPS) is 16.7. The first-order valence-corrected chi connectivity index (χ1v) is 7.36. The van der Waals surface area contributed by atoms with Gasteiger partial charge in [0.2, 0.25) is 5.91 Å². The molecule has 2 rings (SSSR count).